The molecule has 8 nitrogen and oxygen atoms in total. The van der Waals surface area contributed by atoms with Crippen molar-refractivity contribution in [3.05, 3.63) is 120 Å². The van der Waals surface area contributed by atoms with Gasteiger partial charge < -0.3 is 18.9 Å². The summed E-state index contributed by atoms with van der Waals surface area (Å²) < 4.78 is 20.5. The second-order valence-corrected chi connectivity index (χ2v) is 11.2. The molecule has 238 valence electrons. The molecule has 0 aliphatic heterocycles. The van der Waals surface area contributed by atoms with Gasteiger partial charge >= 0.3 is 12.3 Å². The first-order valence-corrected chi connectivity index (χ1v) is 15.8. The van der Waals surface area contributed by atoms with Crippen molar-refractivity contribution in [3.63, 3.8) is 0 Å². The number of ether oxygens (including phenoxy) is 4. The maximum atomic E-state index is 11.8. The average Bonchev–Trinajstić information content (AvgIpc) is 3.11. The van der Waals surface area contributed by atoms with E-state index in [1.807, 2.05) is 73.6 Å². The zero-order chi connectivity index (χ0) is 32.6. The van der Waals surface area contributed by atoms with Crippen LogP contribution in [0.2, 0.25) is 0 Å². The Balaban J connectivity index is 1.31. The van der Waals surface area contributed by atoms with Crippen LogP contribution in [0.4, 0.5) is 21.0 Å². The molecule has 0 radical (unpaired) electrons. The third kappa shape index (κ3) is 7.28. The minimum absolute atomic E-state index is 0.101. The second-order valence-electron chi connectivity index (χ2n) is 11.2. The van der Waals surface area contributed by atoms with Crippen molar-refractivity contribution >= 4 is 62.2 Å². The van der Waals surface area contributed by atoms with Gasteiger partial charge in [-0.05, 0) is 86.6 Å². The lowest BCUT2D eigenvalue weighted by Gasteiger charge is -2.20. The Hall–Kier alpha value is -5.63. The number of hydrogen-bond acceptors (Lipinski definition) is 8. The number of anilines is 2. The second kappa shape index (κ2) is 14.6. The number of hydrogen-bond donors (Lipinski definition) is 0. The molecule has 0 saturated heterocycles. The molecule has 0 aromatic heterocycles. The fraction of sp³-hybridized carbons (Fsp3) is 0.205. The molecule has 0 fully saturated rings. The predicted molar refractivity (Wildman–Crippen MR) is 186 cm³/mol. The summed E-state index contributed by atoms with van der Waals surface area (Å²) in [4.78, 5) is 23.6. The molecule has 0 amide bonds. The van der Waals surface area contributed by atoms with Crippen molar-refractivity contribution in [2.45, 2.75) is 39.9 Å². The summed E-state index contributed by atoms with van der Waals surface area (Å²) in [6.07, 6.45) is 1.99. The monoisotopic (exact) mass is 628 g/mol. The van der Waals surface area contributed by atoms with Crippen molar-refractivity contribution in [2.75, 3.05) is 18.2 Å². The highest BCUT2D eigenvalue weighted by Gasteiger charge is 2.14. The Labute approximate surface area is 273 Å². The summed E-state index contributed by atoms with van der Waals surface area (Å²) in [5, 5.41) is 14.0. The van der Waals surface area contributed by atoms with Gasteiger partial charge in [-0.25, -0.2) is 14.6 Å². The van der Waals surface area contributed by atoms with Gasteiger partial charge in [0.15, 0.2) is 0 Å². The molecular weight excluding hydrogens is 592 g/mol. The molecule has 6 rings (SSSR count). The van der Waals surface area contributed by atoms with Gasteiger partial charge in [-0.15, -0.1) is 0 Å². The van der Waals surface area contributed by atoms with Crippen LogP contribution in [-0.4, -0.2) is 31.7 Å². The number of carbonyl (C=O) groups excluding carboxylic acids is 2. The van der Waals surface area contributed by atoms with Crippen LogP contribution in [0.3, 0.4) is 0 Å². The first-order valence-electron chi connectivity index (χ1n) is 15.8. The Morgan fingerprint density at radius 2 is 1.13 bits per heavy atom. The maximum Gasteiger partial charge on any atom is 0.508 e. The van der Waals surface area contributed by atoms with Crippen LogP contribution >= 0.6 is 0 Å². The Morgan fingerprint density at radius 1 is 0.617 bits per heavy atom. The van der Waals surface area contributed by atoms with E-state index in [2.05, 4.69) is 54.6 Å². The quantitative estimate of drug-likeness (QED) is 0.0577. The van der Waals surface area contributed by atoms with Crippen molar-refractivity contribution < 1.29 is 28.5 Å². The lowest BCUT2D eigenvalue weighted by atomic mass is 9.92. The maximum absolute atomic E-state index is 11.8. The summed E-state index contributed by atoms with van der Waals surface area (Å²) in [5.41, 5.74) is 4.25. The van der Waals surface area contributed by atoms with E-state index < -0.39 is 12.3 Å². The molecule has 0 unspecified atom stereocenters. The van der Waals surface area contributed by atoms with Gasteiger partial charge in [0, 0.05) is 5.56 Å². The molecule has 0 N–H and O–H groups in total. The van der Waals surface area contributed by atoms with Gasteiger partial charge in [-0.2, -0.15) is 5.10 Å². The summed E-state index contributed by atoms with van der Waals surface area (Å²) in [6, 6.07) is 34.6. The highest BCUT2D eigenvalue weighted by Crippen LogP contribution is 2.36. The molecule has 0 aliphatic carbocycles. The van der Waals surface area contributed by atoms with E-state index in [4.69, 9.17) is 24.0 Å². The minimum atomic E-state index is -0.683. The summed E-state index contributed by atoms with van der Waals surface area (Å²) in [6.45, 7) is 4.70. The zero-order valence-corrected chi connectivity index (χ0v) is 26.5. The van der Waals surface area contributed by atoms with Crippen molar-refractivity contribution in [3.8, 4) is 0 Å². The Morgan fingerprint density at radius 3 is 1.68 bits per heavy atom. The first-order chi connectivity index (χ1) is 23.0. The average molecular weight is 629 g/mol. The predicted octanol–water partition coefficient (Wildman–Crippen LogP) is 9.88. The molecule has 0 heterocycles. The van der Waals surface area contributed by atoms with Crippen molar-refractivity contribution in [1.29, 1.82) is 0 Å². The van der Waals surface area contributed by atoms with Gasteiger partial charge in [-0.1, -0.05) is 86.6 Å². The fourth-order valence-electron chi connectivity index (χ4n) is 5.50. The molecule has 47 heavy (non-hydrogen) atoms. The lowest BCUT2D eigenvalue weighted by molar-refractivity contribution is 0.0491. The van der Waals surface area contributed by atoms with Gasteiger partial charge in [0.25, 0.3) is 0 Å². The normalized spacial score (nSPS) is 11.4. The van der Waals surface area contributed by atoms with E-state index in [-0.39, 0.29) is 13.2 Å². The van der Waals surface area contributed by atoms with Crippen LogP contribution in [-0.2, 0) is 32.2 Å². The van der Waals surface area contributed by atoms with Crippen molar-refractivity contribution in [1.82, 2.24) is 0 Å². The van der Waals surface area contributed by atoms with Gasteiger partial charge in [0.05, 0.1) is 30.8 Å². The summed E-state index contributed by atoms with van der Waals surface area (Å²) in [7, 11) is 0. The zero-order valence-electron chi connectivity index (χ0n) is 26.5. The molecule has 0 saturated carbocycles. The highest BCUT2D eigenvalue weighted by molar-refractivity contribution is 6.26. The van der Waals surface area contributed by atoms with E-state index in [1.54, 1.807) is 0 Å². The fourth-order valence-corrected chi connectivity index (χ4v) is 5.50. The number of carbonyl (C=O) groups is 2. The third-order valence-electron chi connectivity index (χ3n) is 7.78. The van der Waals surface area contributed by atoms with Gasteiger partial charge in [0.2, 0.25) is 0 Å². The smallest absolute Gasteiger partial charge is 0.434 e. The summed E-state index contributed by atoms with van der Waals surface area (Å²) >= 11 is 0. The van der Waals surface area contributed by atoms with Crippen LogP contribution in [0.5, 0.6) is 0 Å². The van der Waals surface area contributed by atoms with Crippen LogP contribution in [0.15, 0.2) is 108 Å². The minimum Gasteiger partial charge on any atom is -0.434 e. The van der Waals surface area contributed by atoms with E-state index in [1.165, 1.54) is 21.5 Å². The SMILES string of the molecule is CCCOC(=O)OCc1ccc(N(N=Cc2cc3cccc4ccc5cccc2c5c43)c2ccc(COC(=O)OCCC)cc2)cc1. The van der Waals surface area contributed by atoms with Crippen LogP contribution < -0.4 is 5.01 Å². The first kappa shape index (κ1) is 31.4. The molecule has 0 spiro atoms. The number of rotatable bonds is 12. The number of hydrazone groups is 1. The van der Waals surface area contributed by atoms with Gasteiger partial charge in [-0.3, -0.25) is 0 Å². The van der Waals surface area contributed by atoms with Crippen LogP contribution in [0, 0.1) is 0 Å². The lowest BCUT2D eigenvalue weighted by Crippen LogP contribution is -2.11. The molecule has 0 bridgehead atoms. The van der Waals surface area contributed by atoms with Gasteiger partial charge in [0.1, 0.15) is 13.2 Å². The number of nitrogens with zero attached hydrogens (tertiary/aromatic N) is 2. The standard InChI is InChI=1S/C39H36N2O6/c1-3-21-44-38(42)46-25-27-11-17-33(18-12-27)41(34-19-13-28(14-20-34)26-47-39(43)45-22-4-2)40-24-32-23-31-9-5-7-29-15-16-30-8-6-10-35(32)37(30)36(29)31/h5-20,23-24H,3-4,21-22,25-26H2,1-2H3. The number of benzene rings is 6. The van der Waals surface area contributed by atoms with E-state index >= 15 is 0 Å². The van der Waals surface area contributed by atoms with Crippen LogP contribution in [0.1, 0.15) is 43.4 Å². The molecule has 6 aromatic carbocycles. The summed E-state index contributed by atoms with van der Waals surface area (Å²) in [5.74, 6) is 0. The molecule has 0 atom stereocenters. The molecule has 8 heteroatoms. The molecule has 0 aliphatic rings. The largest absolute Gasteiger partial charge is 0.508 e. The molecule has 6 aromatic rings. The Kier molecular flexibility index (Phi) is 9.77. The van der Waals surface area contributed by atoms with E-state index in [0.29, 0.717) is 13.2 Å². The highest BCUT2D eigenvalue weighted by atomic mass is 16.7. The third-order valence-corrected chi connectivity index (χ3v) is 7.78. The van der Waals surface area contributed by atoms with Crippen LogP contribution in [0.25, 0.3) is 32.3 Å². The van der Waals surface area contributed by atoms with E-state index in [9.17, 15) is 9.59 Å². The topological polar surface area (TPSA) is 86.7 Å². The molecular formula is C39H36N2O6. The van der Waals surface area contributed by atoms with Crippen molar-refractivity contribution in [2.24, 2.45) is 5.10 Å². The van der Waals surface area contributed by atoms with E-state index in [0.717, 1.165) is 51.7 Å². The Bertz CT molecular complexity index is 1940.